The van der Waals surface area contributed by atoms with Crippen LogP contribution in [0.5, 0.6) is 5.75 Å². The second kappa shape index (κ2) is 6.96. The average molecular weight is 313 g/mol. The number of hydrogen-bond acceptors (Lipinski definition) is 4. The minimum Gasteiger partial charge on any atom is -0.464 e. The second-order valence-electron chi connectivity index (χ2n) is 3.37. The summed E-state index contributed by atoms with van der Waals surface area (Å²) < 4.78 is 10.7. The molecule has 1 aromatic rings. The maximum absolute atomic E-state index is 11.4. The summed E-state index contributed by atoms with van der Waals surface area (Å²) in [5.41, 5.74) is 0.442. The van der Waals surface area contributed by atoms with Crippen molar-refractivity contribution in [2.75, 3.05) is 6.61 Å². The summed E-state index contributed by atoms with van der Waals surface area (Å²) in [4.78, 5) is 22.4. The van der Waals surface area contributed by atoms with Crippen molar-refractivity contribution in [3.63, 3.8) is 0 Å². The molecule has 0 amide bonds. The van der Waals surface area contributed by atoms with Gasteiger partial charge in [0.15, 0.2) is 5.78 Å². The zero-order valence-corrected chi connectivity index (χ0v) is 11.7. The zero-order chi connectivity index (χ0) is 13.5. The SMILES string of the molecule is CCOC(=O)C=COc1ccc(Br)cc1C(C)=O. The van der Waals surface area contributed by atoms with Gasteiger partial charge < -0.3 is 9.47 Å². The Morgan fingerprint density at radius 1 is 1.39 bits per heavy atom. The molecule has 18 heavy (non-hydrogen) atoms. The van der Waals surface area contributed by atoms with Crippen molar-refractivity contribution in [2.24, 2.45) is 0 Å². The highest BCUT2D eigenvalue weighted by atomic mass is 79.9. The molecular weight excluding hydrogens is 300 g/mol. The summed E-state index contributed by atoms with van der Waals surface area (Å²) in [7, 11) is 0. The van der Waals surface area contributed by atoms with Crippen molar-refractivity contribution >= 4 is 27.7 Å². The van der Waals surface area contributed by atoms with E-state index in [1.54, 1.807) is 25.1 Å². The van der Waals surface area contributed by atoms with Crippen molar-refractivity contribution in [3.05, 3.63) is 40.6 Å². The minimum atomic E-state index is -0.487. The molecule has 5 heteroatoms. The molecule has 1 aromatic carbocycles. The Morgan fingerprint density at radius 2 is 2.11 bits per heavy atom. The number of halogens is 1. The normalized spacial score (nSPS) is 10.4. The van der Waals surface area contributed by atoms with Crippen LogP contribution in [0.4, 0.5) is 0 Å². The zero-order valence-electron chi connectivity index (χ0n) is 10.1. The van der Waals surface area contributed by atoms with E-state index in [2.05, 4.69) is 15.9 Å². The summed E-state index contributed by atoms with van der Waals surface area (Å²) in [5.74, 6) is -0.207. The molecule has 0 fully saturated rings. The van der Waals surface area contributed by atoms with Crippen LogP contribution in [0.3, 0.4) is 0 Å². The predicted molar refractivity (Wildman–Crippen MR) is 70.5 cm³/mol. The number of ether oxygens (including phenoxy) is 2. The fourth-order valence-electron chi connectivity index (χ4n) is 1.23. The van der Waals surface area contributed by atoms with E-state index < -0.39 is 5.97 Å². The molecule has 0 aliphatic rings. The predicted octanol–water partition coefficient (Wildman–Crippen LogP) is 3.11. The molecule has 0 unspecified atom stereocenters. The number of Topliss-reactive ketones (excluding diaryl/α,β-unsaturated/α-hetero) is 1. The van der Waals surface area contributed by atoms with E-state index in [1.807, 2.05) is 0 Å². The highest BCUT2D eigenvalue weighted by Crippen LogP contribution is 2.23. The van der Waals surface area contributed by atoms with Gasteiger partial charge in [0.25, 0.3) is 0 Å². The molecule has 4 nitrogen and oxygen atoms in total. The van der Waals surface area contributed by atoms with Crippen LogP contribution >= 0.6 is 15.9 Å². The third-order valence-corrected chi connectivity index (χ3v) is 2.50. The summed E-state index contributed by atoms with van der Waals surface area (Å²) in [6.45, 7) is 3.47. The molecule has 0 spiro atoms. The van der Waals surface area contributed by atoms with Crippen LogP contribution < -0.4 is 4.74 Å². The van der Waals surface area contributed by atoms with Crippen LogP contribution in [-0.2, 0) is 9.53 Å². The van der Waals surface area contributed by atoms with E-state index in [4.69, 9.17) is 9.47 Å². The highest BCUT2D eigenvalue weighted by molar-refractivity contribution is 9.10. The lowest BCUT2D eigenvalue weighted by Gasteiger charge is -2.06. The highest BCUT2D eigenvalue weighted by Gasteiger charge is 2.08. The van der Waals surface area contributed by atoms with Crippen LogP contribution in [0.25, 0.3) is 0 Å². The Kier molecular flexibility index (Phi) is 5.58. The van der Waals surface area contributed by atoms with Gasteiger partial charge in [-0.1, -0.05) is 15.9 Å². The van der Waals surface area contributed by atoms with Gasteiger partial charge in [0.05, 0.1) is 24.5 Å². The average Bonchev–Trinajstić information content (AvgIpc) is 2.31. The molecule has 0 heterocycles. The van der Waals surface area contributed by atoms with Crippen molar-refractivity contribution in [3.8, 4) is 5.75 Å². The van der Waals surface area contributed by atoms with E-state index in [9.17, 15) is 9.59 Å². The van der Waals surface area contributed by atoms with Crippen molar-refractivity contribution in [1.82, 2.24) is 0 Å². The van der Waals surface area contributed by atoms with Gasteiger partial charge in [0.1, 0.15) is 5.75 Å². The first kappa shape index (κ1) is 14.4. The maximum atomic E-state index is 11.4. The summed E-state index contributed by atoms with van der Waals surface area (Å²) in [5, 5.41) is 0. The van der Waals surface area contributed by atoms with Crippen LogP contribution in [0.15, 0.2) is 35.0 Å². The maximum Gasteiger partial charge on any atom is 0.333 e. The first-order valence-electron chi connectivity index (χ1n) is 5.35. The van der Waals surface area contributed by atoms with Gasteiger partial charge in [-0.05, 0) is 32.0 Å². The molecular formula is C13H13BrO4. The summed E-state index contributed by atoms with van der Waals surface area (Å²) in [6, 6.07) is 5.06. The Morgan fingerprint density at radius 3 is 2.72 bits per heavy atom. The van der Waals surface area contributed by atoms with Gasteiger partial charge in [-0.15, -0.1) is 0 Å². The molecule has 0 aliphatic heterocycles. The molecule has 96 valence electrons. The third kappa shape index (κ3) is 4.33. The Labute approximate surface area is 114 Å². The van der Waals surface area contributed by atoms with Gasteiger partial charge in [-0.2, -0.15) is 0 Å². The lowest BCUT2D eigenvalue weighted by atomic mass is 10.1. The molecule has 0 aliphatic carbocycles. The van der Waals surface area contributed by atoms with Crippen LogP contribution in [0, 0.1) is 0 Å². The van der Waals surface area contributed by atoms with E-state index >= 15 is 0 Å². The first-order chi connectivity index (χ1) is 8.54. The number of carbonyl (C=O) groups is 2. The van der Waals surface area contributed by atoms with Crippen molar-refractivity contribution < 1.29 is 19.1 Å². The molecule has 0 saturated heterocycles. The number of rotatable bonds is 5. The number of ketones is 1. The molecule has 0 N–H and O–H groups in total. The molecule has 0 bridgehead atoms. The number of esters is 1. The lowest BCUT2D eigenvalue weighted by Crippen LogP contribution is -2.01. The standard InChI is InChI=1S/C13H13BrO4/c1-3-17-13(16)6-7-18-12-5-4-10(14)8-11(12)9(2)15/h4-8H,3H2,1-2H3. The summed E-state index contributed by atoms with van der Waals surface area (Å²) >= 11 is 3.28. The van der Waals surface area contributed by atoms with Gasteiger partial charge in [-0.3, -0.25) is 4.79 Å². The number of carbonyl (C=O) groups excluding carboxylic acids is 2. The van der Waals surface area contributed by atoms with E-state index in [-0.39, 0.29) is 5.78 Å². The van der Waals surface area contributed by atoms with E-state index in [0.717, 1.165) is 10.5 Å². The van der Waals surface area contributed by atoms with Gasteiger partial charge >= 0.3 is 5.97 Å². The molecule has 0 atom stereocenters. The molecule has 1 rings (SSSR count). The Balaban J connectivity index is 2.79. The third-order valence-electron chi connectivity index (χ3n) is 2.01. The fraction of sp³-hybridized carbons (Fsp3) is 0.231. The van der Waals surface area contributed by atoms with Crippen LogP contribution in [0.1, 0.15) is 24.2 Å². The van der Waals surface area contributed by atoms with E-state index in [0.29, 0.717) is 17.9 Å². The molecule has 0 saturated carbocycles. The molecule has 0 radical (unpaired) electrons. The Hall–Kier alpha value is -1.62. The quantitative estimate of drug-likeness (QED) is 0.363. The first-order valence-corrected chi connectivity index (χ1v) is 6.14. The monoisotopic (exact) mass is 312 g/mol. The van der Waals surface area contributed by atoms with Gasteiger partial charge in [0, 0.05) is 4.47 Å². The van der Waals surface area contributed by atoms with Crippen molar-refractivity contribution in [2.45, 2.75) is 13.8 Å². The number of hydrogen-bond donors (Lipinski definition) is 0. The van der Waals surface area contributed by atoms with Crippen molar-refractivity contribution in [1.29, 1.82) is 0 Å². The lowest BCUT2D eigenvalue weighted by molar-refractivity contribution is -0.137. The molecule has 0 aromatic heterocycles. The summed E-state index contributed by atoms with van der Waals surface area (Å²) in [6.07, 6.45) is 2.36. The van der Waals surface area contributed by atoms with Crippen LogP contribution in [0.2, 0.25) is 0 Å². The Bertz CT molecular complexity index is 480. The smallest absolute Gasteiger partial charge is 0.333 e. The fourth-order valence-corrected chi connectivity index (χ4v) is 1.59. The van der Waals surface area contributed by atoms with E-state index in [1.165, 1.54) is 13.2 Å². The van der Waals surface area contributed by atoms with Crippen LogP contribution in [-0.4, -0.2) is 18.4 Å². The minimum absolute atomic E-state index is 0.115. The number of benzene rings is 1. The largest absolute Gasteiger partial charge is 0.464 e. The second-order valence-corrected chi connectivity index (χ2v) is 4.28. The van der Waals surface area contributed by atoms with Gasteiger partial charge in [-0.25, -0.2) is 4.79 Å². The topological polar surface area (TPSA) is 52.6 Å². The van der Waals surface area contributed by atoms with Gasteiger partial charge in [0.2, 0.25) is 0 Å².